The Bertz CT molecular complexity index is 1130. The molecule has 1 unspecified atom stereocenters. The fraction of sp³-hybridized carbons (Fsp3) is 0.167. The van der Waals surface area contributed by atoms with Crippen molar-refractivity contribution in [3.05, 3.63) is 75.2 Å². The highest BCUT2D eigenvalue weighted by molar-refractivity contribution is 6.30. The van der Waals surface area contributed by atoms with Crippen molar-refractivity contribution in [2.75, 3.05) is 0 Å². The molecule has 10 heteroatoms. The molecule has 3 amide bonds. The molecule has 1 aromatic carbocycles. The van der Waals surface area contributed by atoms with E-state index in [2.05, 4.69) is 10.3 Å². The number of nitrogens with one attached hydrogen (secondary N) is 1. The maximum atomic E-state index is 13.0. The summed E-state index contributed by atoms with van der Waals surface area (Å²) in [5.74, 6) is -0.457. The average Bonchev–Trinajstić information content (AvgIpc) is 3.15. The van der Waals surface area contributed by atoms with Gasteiger partial charge in [-0.05, 0) is 36.8 Å². The van der Waals surface area contributed by atoms with Crippen LogP contribution in [0.15, 0.2) is 48.8 Å². The van der Waals surface area contributed by atoms with E-state index in [-0.39, 0.29) is 12.2 Å². The molecule has 0 aliphatic carbocycles. The summed E-state index contributed by atoms with van der Waals surface area (Å²) in [6.45, 7) is 1.56. The summed E-state index contributed by atoms with van der Waals surface area (Å²) in [6.07, 6.45) is 3.38. The lowest BCUT2D eigenvalue weighted by atomic mass is 9.92. The van der Waals surface area contributed by atoms with E-state index in [1.165, 1.54) is 24.3 Å². The highest BCUT2D eigenvalue weighted by atomic mass is 35.5. The molecule has 3 aromatic rings. The van der Waals surface area contributed by atoms with Gasteiger partial charge in [0.05, 0.1) is 22.2 Å². The molecule has 1 aliphatic rings. The maximum Gasteiger partial charge on any atom is 0.325 e. The number of aromatic nitrogens is 2. The number of pyridine rings is 1. The molecule has 4 rings (SSSR count). The summed E-state index contributed by atoms with van der Waals surface area (Å²) in [5, 5.41) is 14.0. The molecular formula is C18H14ClN5O4. The molecule has 1 N–H and O–H groups in total. The van der Waals surface area contributed by atoms with Crippen molar-refractivity contribution in [2.24, 2.45) is 0 Å². The third-order valence-electron chi connectivity index (χ3n) is 4.72. The maximum absolute atomic E-state index is 13.0. The largest absolute Gasteiger partial charge is 0.325 e. The van der Waals surface area contributed by atoms with Crippen LogP contribution in [0.5, 0.6) is 0 Å². The first-order valence-corrected chi connectivity index (χ1v) is 8.68. The van der Waals surface area contributed by atoms with Crippen LogP contribution in [0.2, 0.25) is 5.02 Å². The van der Waals surface area contributed by atoms with Crippen molar-refractivity contribution < 1.29 is 14.5 Å². The summed E-state index contributed by atoms with van der Waals surface area (Å²) in [6, 6.07) is 8.41. The Balaban J connectivity index is 1.61. The number of imidazole rings is 1. The number of rotatable bonds is 4. The minimum atomic E-state index is -1.31. The van der Waals surface area contributed by atoms with Gasteiger partial charge >= 0.3 is 6.03 Å². The van der Waals surface area contributed by atoms with Crippen molar-refractivity contribution in [1.29, 1.82) is 0 Å². The van der Waals surface area contributed by atoms with E-state index in [9.17, 15) is 19.7 Å². The predicted molar refractivity (Wildman–Crippen MR) is 99.7 cm³/mol. The molecule has 3 heterocycles. The lowest BCUT2D eigenvalue weighted by molar-refractivity contribution is -0.384. The number of fused-ring (bicyclic) bond motifs is 1. The Labute approximate surface area is 163 Å². The van der Waals surface area contributed by atoms with Gasteiger partial charge in [0.15, 0.2) is 0 Å². The summed E-state index contributed by atoms with van der Waals surface area (Å²) in [7, 11) is 0. The number of imide groups is 1. The number of benzene rings is 1. The first-order valence-electron chi connectivity index (χ1n) is 8.30. The van der Waals surface area contributed by atoms with Crippen molar-refractivity contribution in [1.82, 2.24) is 19.6 Å². The number of amides is 3. The molecule has 0 radical (unpaired) electrons. The van der Waals surface area contributed by atoms with Crippen molar-refractivity contribution in [3.63, 3.8) is 0 Å². The van der Waals surface area contributed by atoms with Crippen LogP contribution in [-0.2, 0) is 16.9 Å². The van der Waals surface area contributed by atoms with Crippen molar-refractivity contribution in [3.8, 4) is 0 Å². The predicted octanol–water partition coefficient (Wildman–Crippen LogP) is 2.86. The van der Waals surface area contributed by atoms with Gasteiger partial charge in [0.1, 0.15) is 11.2 Å². The smallest absolute Gasteiger partial charge is 0.319 e. The molecule has 1 fully saturated rings. The van der Waals surface area contributed by atoms with Crippen molar-refractivity contribution in [2.45, 2.75) is 19.0 Å². The first-order chi connectivity index (χ1) is 13.3. The Morgan fingerprint density at radius 2 is 1.89 bits per heavy atom. The number of non-ortho nitro benzene ring substituents is 1. The van der Waals surface area contributed by atoms with E-state index in [4.69, 9.17) is 11.6 Å². The molecule has 1 aliphatic heterocycles. The van der Waals surface area contributed by atoms with Crippen molar-refractivity contribution >= 4 is 34.9 Å². The Hall–Kier alpha value is -3.46. The number of nitro groups is 1. The van der Waals surface area contributed by atoms with Gasteiger partial charge in [-0.15, -0.1) is 0 Å². The number of nitro benzene ring substituents is 1. The second-order valence-corrected chi connectivity index (χ2v) is 7.03. The minimum Gasteiger partial charge on any atom is -0.319 e. The molecule has 0 spiro atoms. The van der Waals surface area contributed by atoms with Crippen LogP contribution in [0.25, 0.3) is 5.65 Å². The lowest BCUT2D eigenvalue weighted by Gasteiger charge is -2.21. The molecule has 2 aromatic heterocycles. The molecule has 142 valence electrons. The van der Waals surface area contributed by atoms with E-state index in [1.54, 1.807) is 35.9 Å². The van der Waals surface area contributed by atoms with Gasteiger partial charge in [-0.1, -0.05) is 11.6 Å². The van der Waals surface area contributed by atoms with Gasteiger partial charge in [-0.2, -0.15) is 0 Å². The molecule has 28 heavy (non-hydrogen) atoms. The lowest BCUT2D eigenvalue weighted by Crippen LogP contribution is -2.40. The molecule has 9 nitrogen and oxygen atoms in total. The Kier molecular flexibility index (Phi) is 4.04. The van der Waals surface area contributed by atoms with E-state index < -0.39 is 22.4 Å². The summed E-state index contributed by atoms with van der Waals surface area (Å²) in [5.41, 5.74) is 0.225. The zero-order valence-corrected chi connectivity index (χ0v) is 15.4. The number of hydrogen-bond donors (Lipinski definition) is 1. The third kappa shape index (κ3) is 2.85. The van der Waals surface area contributed by atoms with Crippen LogP contribution in [0, 0.1) is 10.1 Å². The Morgan fingerprint density at radius 1 is 1.18 bits per heavy atom. The van der Waals surface area contributed by atoms with E-state index in [0.29, 0.717) is 21.9 Å². The van der Waals surface area contributed by atoms with Gasteiger partial charge < -0.3 is 9.72 Å². The molecular weight excluding hydrogens is 386 g/mol. The summed E-state index contributed by atoms with van der Waals surface area (Å²) in [4.78, 5) is 41.2. The van der Waals surface area contributed by atoms with Gasteiger partial charge in [-0.25, -0.2) is 9.78 Å². The Morgan fingerprint density at radius 3 is 2.57 bits per heavy atom. The van der Waals surface area contributed by atoms with Crippen LogP contribution < -0.4 is 5.32 Å². The zero-order chi connectivity index (χ0) is 20.1. The summed E-state index contributed by atoms with van der Waals surface area (Å²) >= 11 is 5.96. The van der Waals surface area contributed by atoms with Gasteiger partial charge in [0.2, 0.25) is 0 Å². The van der Waals surface area contributed by atoms with Crippen LogP contribution in [0.4, 0.5) is 10.5 Å². The van der Waals surface area contributed by atoms with Crippen LogP contribution in [0.1, 0.15) is 18.2 Å². The number of carbonyl (C=O) groups excluding carboxylic acids is 2. The SMILES string of the molecule is CC1(c2ccc([N+](=O)[O-])cc2)NC(=O)N(Cc2cn3cc(Cl)ccc3n2)C1=O. The molecule has 1 atom stereocenters. The zero-order valence-electron chi connectivity index (χ0n) is 14.6. The number of halogens is 1. The first kappa shape index (κ1) is 17.9. The fourth-order valence-electron chi connectivity index (χ4n) is 3.21. The number of hydrogen-bond acceptors (Lipinski definition) is 5. The van der Waals surface area contributed by atoms with Crippen LogP contribution in [-0.4, -0.2) is 31.1 Å². The molecule has 0 saturated carbocycles. The summed E-state index contributed by atoms with van der Waals surface area (Å²) < 4.78 is 1.71. The molecule has 1 saturated heterocycles. The molecule has 0 bridgehead atoms. The van der Waals surface area contributed by atoms with Crippen LogP contribution in [0.3, 0.4) is 0 Å². The monoisotopic (exact) mass is 399 g/mol. The van der Waals surface area contributed by atoms with Gasteiger partial charge in [0.25, 0.3) is 11.6 Å². The minimum absolute atomic E-state index is 0.00740. The fourth-order valence-corrected chi connectivity index (χ4v) is 3.38. The second-order valence-electron chi connectivity index (χ2n) is 6.60. The second kappa shape index (κ2) is 6.31. The van der Waals surface area contributed by atoms with Gasteiger partial charge in [-0.3, -0.25) is 19.8 Å². The van der Waals surface area contributed by atoms with E-state index in [1.807, 2.05) is 0 Å². The normalized spacial score (nSPS) is 19.3. The number of urea groups is 1. The quantitative estimate of drug-likeness (QED) is 0.412. The third-order valence-corrected chi connectivity index (χ3v) is 4.94. The average molecular weight is 400 g/mol. The van der Waals surface area contributed by atoms with E-state index >= 15 is 0 Å². The number of carbonyl (C=O) groups is 2. The standard InChI is InChI=1S/C18H14ClN5O4/c1-18(11-2-5-14(6-3-11)24(27)28)16(25)23(17(26)21-18)10-13-9-22-8-12(19)4-7-15(22)20-13/h2-9H,10H2,1H3,(H,21,26). The van der Waals surface area contributed by atoms with E-state index in [0.717, 1.165) is 4.90 Å². The number of nitrogens with zero attached hydrogens (tertiary/aromatic N) is 4. The highest BCUT2D eigenvalue weighted by Crippen LogP contribution is 2.30. The van der Waals surface area contributed by atoms with Crippen LogP contribution >= 0.6 is 11.6 Å². The highest BCUT2D eigenvalue weighted by Gasteiger charge is 2.49. The topological polar surface area (TPSA) is 110 Å². The van der Waals surface area contributed by atoms with Gasteiger partial charge in [0, 0.05) is 24.5 Å².